The highest BCUT2D eigenvalue weighted by atomic mass is 35.5. The van der Waals surface area contributed by atoms with Crippen molar-refractivity contribution in [2.24, 2.45) is 5.41 Å². The number of aryl methyl sites for hydroxylation is 1. The average Bonchev–Trinajstić information content (AvgIpc) is 3.50. The number of aromatic nitrogens is 7. The molecular formula is C26H24ClF2N7O2S. The van der Waals surface area contributed by atoms with Gasteiger partial charge in [-0.1, -0.05) is 25.4 Å². The topological polar surface area (TPSA) is 116 Å². The van der Waals surface area contributed by atoms with E-state index in [0.717, 1.165) is 41.9 Å². The maximum absolute atomic E-state index is 14.7. The number of rotatable bonds is 6. The first-order valence-corrected chi connectivity index (χ1v) is 14.8. The normalized spacial score (nSPS) is 21.3. The largest absolute Gasteiger partial charge is 0.252 e. The lowest BCUT2D eigenvalue weighted by Crippen LogP contribution is -2.38. The van der Waals surface area contributed by atoms with Crippen LogP contribution < -0.4 is 0 Å². The van der Waals surface area contributed by atoms with Gasteiger partial charge in [-0.25, -0.2) is 32.2 Å². The van der Waals surface area contributed by atoms with Gasteiger partial charge in [0, 0.05) is 23.9 Å². The van der Waals surface area contributed by atoms with Crippen molar-refractivity contribution in [3.63, 3.8) is 0 Å². The molecule has 0 amide bonds. The van der Waals surface area contributed by atoms with Gasteiger partial charge >= 0.3 is 0 Å². The van der Waals surface area contributed by atoms with Gasteiger partial charge in [0.25, 0.3) is 5.95 Å². The SMILES string of the molecule is CC1(C)[C@H]2CC[C@]1(c1ccnc(-n3cnc(CCS(C)(=O)=O)n3)n1)c1nnc(-c3c(F)cc(Cl)cc3F)cc12. The molecule has 0 unspecified atom stereocenters. The van der Waals surface area contributed by atoms with Gasteiger partial charge in [0.2, 0.25) is 0 Å². The fourth-order valence-corrected chi connectivity index (χ4v) is 7.03. The monoisotopic (exact) mass is 571 g/mol. The Morgan fingerprint density at radius 1 is 1.13 bits per heavy atom. The summed E-state index contributed by atoms with van der Waals surface area (Å²) in [7, 11) is -3.15. The molecule has 202 valence electrons. The van der Waals surface area contributed by atoms with Gasteiger partial charge in [-0.05, 0) is 54.0 Å². The van der Waals surface area contributed by atoms with Crippen molar-refractivity contribution in [3.8, 4) is 17.2 Å². The molecule has 2 atom stereocenters. The number of hydrogen-bond acceptors (Lipinski definition) is 8. The van der Waals surface area contributed by atoms with Crippen LogP contribution in [0.1, 0.15) is 55.4 Å². The van der Waals surface area contributed by atoms with Gasteiger partial charge in [0.15, 0.2) is 5.82 Å². The van der Waals surface area contributed by atoms with Crippen molar-refractivity contribution in [1.82, 2.24) is 34.9 Å². The Morgan fingerprint density at radius 3 is 2.59 bits per heavy atom. The third-order valence-electron chi connectivity index (χ3n) is 8.17. The van der Waals surface area contributed by atoms with E-state index in [0.29, 0.717) is 11.8 Å². The molecule has 4 aromatic rings. The molecule has 1 fully saturated rings. The predicted octanol–water partition coefficient (Wildman–Crippen LogP) is 4.24. The maximum atomic E-state index is 14.7. The number of sulfone groups is 1. The lowest BCUT2D eigenvalue weighted by atomic mass is 9.66. The molecule has 3 heterocycles. The number of halogens is 3. The molecule has 9 nitrogen and oxygen atoms in total. The number of nitrogens with zero attached hydrogens (tertiary/aromatic N) is 7. The Morgan fingerprint density at radius 2 is 1.87 bits per heavy atom. The maximum Gasteiger partial charge on any atom is 0.252 e. The first-order chi connectivity index (χ1) is 18.4. The van der Waals surface area contributed by atoms with E-state index >= 15 is 0 Å². The van der Waals surface area contributed by atoms with Crippen molar-refractivity contribution in [1.29, 1.82) is 0 Å². The number of fused-ring (bicyclic) bond motifs is 5. The Balaban J connectivity index is 1.41. The standard InChI is InChI=1S/C26H24ClF2N7O2S/c1-25(2)16-4-7-26(25,23-15(16)12-19(33-34-23)22-17(28)10-14(27)11-18(22)29)20-5-8-30-24(32-20)36-13-31-21(35-36)6-9-39(3,37)38/h5,8,10-13,16H,4,6-7,9H2,1-3H3/t16-,26-/m0/s1. The molecule has 0 saturated heterocycles. The van der Waals surface area contributed by atoms with E-state index in [1.54, 1.807) is 12.3 Å². The fourth-order valence-electron chi connectivity index (χ4n) is 6.28. The van der Waals surface area contributed by atoms with Gasteiger partial charge < -0.3 is 0 Å². The van der Waals surface area contributed by atoms with Gasteiger partial charge in [0.1, 0.15) is 27.8 Å². The summed E-state index contributed by atoms with van der Waals surface area (Å²) in [5.74, 6) is -0.904. The van der Waals surface area contributed by atoms with Gasteiger partial charge in [0.05, 0.1) is 33.8 Å². The van der Waals surface area contributed by atoms with Crippen LogP contribution in [0.4, 0.5) is 8.78 Å². The van der Waals surface area contributed by atoms with Crippen molar-refractivity contribution >= 4 is 21.4 Å². The fraction of sp³-hybridized carbons (Fsp3) is 0.385. The summed E-state index contributed by atoms with van der Waals surface area (Å²) < 4.78 is 53.8. The molecule has 0 spiro atoms. The summed E-state index contributed by atoms with van der Waals surface area (Å²) >= 11 is 5.81. The highest BCUT2D eigenvalue weighted by Crippen LogP contribution is 2.69. The second kappa shape index (κ2) is 8.82. The van der Waals surface area contributed by atoms with Crippen LogP contribution >= 0.6 is 11.6 Å². The quantitative estimate of drug-likeness (QED) is 0.337. The Bertz CT molecular complexity index is 1720. The molecule has 0 radical (unpaired) electrons. The number of benzene rings is 1. The predicted molar refractivity (Wildman–Crippen MR) is 139 cm³/mol. The van der Waals surface area contributed by atoms with E-state index in [2.05, 4.69) is 39.1 Å². The van der Waals surface area contributed by atoms with Crippen LogP contribution in [0.5, 0.6) is 0 Å². The highest BCUT2D eigenvalue weighted by Gasteiger charge is 2.65. The van der Waals surface area contributed by atoms with Gasteiger partial charge in [-0.3, -0.25) is 0 Å². The van der Waals surface area contributed by atoms with Crippen molar-refractivity contribution < 1.29 is 17.2 Å². The third kappa shape index (κ3) is 4.03. The van der Waals surface area contributed by atoms with E-state index in [9.17, 15) is 17.2 Å². The third-order valence-corrected chi connectivity index (χ3v) is 9.33. The zero-order valence-electron chi connectivity index (χ0n) is 21.4. The highest BCUT2D eigenvalue weighted by molar-refractivity contribution is 7.90. The Hall–Kier alpha value is -3.38. The molecule has 1 aromatic carbocycles. The Kier molecular flexibility index (Phi) is 5.85. The zero-order valence-corrected chi connectivity index (χ0v) is 22.9. The number of hydrogen-bond donors (Lipinski definition) is 0. The summed E-state index contributed by atoms with van der Waals surface area (Å²) in [6.07, 6.45) is 6.06. The molecule has 3 aromatic heterocycles. The Labute approximate surface area is 228 Å². The molecule has 39 heavy (non-hydrogen) atoms. The van der Waals surface area contributed by atoms with E-state index < -0.39 is 26.9 Å². The summed E-state index contributed by atoms with van der Waals surface area (Å²) in [6, 6.07) is 5.70. The van der Waals surface area contributed by atoms with Crippen LogP contribution in [-0.4, -0.2) is 55.4 Å². The van der Waals surface area contributed by atoms with Crippen molar-refractivity contribution in [2.75, 3.05) is 12.0 Å². The van der Waals surface area contributed by atoms with E-state index in [1.165, 1.54) is 17.3 Å². The summed E-state index contributed by atoms with van der Waals surface area (Å²) in [5.41, 5.74) is 1.30. The van der Waals surface area contributed by atoms with E-state index in [1.807, 2.05) is 6.07 Å². The molecule has 0 aliphatic heterocycles. The minimum absolute atomic E-state index is 0.0310. The first kappa shape index (κ1) is 25.9. The minimum atomic E-state index is -3.15. The van der Waals surface area contributed by atoms with Crippen LogP contribution in [0.25, 0.3) is 17.2 Å². The molecule has 6 rings (SSSR count). The van der Waals surface area contributed by atoms with Gasteiger partial charge in [-0.2, -0.15) is 9.78 Å². The summed E-state index contributed by atoms with van der Waals surface area (Å²) in [5, 5.41) is 13.1. The van der Waals surface area contributed by atoms with Crippen LogP contribution in [0.15, 0.2) is 36.8 Å². The van der Waals surface area contributed by atoms with Crippen molar-refractivity contribution in [3.05, 3.63) is 76.2 Å². The van der Waals surface area contributed by atoms with E-state index in [4.69, 9.17) is 16.6 Å². The molecule has 2 aliphatic carbocycles. The summed E-state index contributed by atoms with van der Waals surface area (Å²) in [4.78, 5) is 13.4. The zero-order chi connectivity index (χ0) is 27.7. The molecule has 2 aliphatic rings. The molecule has 13 heteroatoms. The smallest absolute Gasteiger partial charge is 0.229 e. The van der Waals surface area contributed by atoms with Crippen LogP contribution in [0.3, 0.4) is 0 Å². The molecule has 1 saturated carbocycles. The average molecular weight is 572 g/mol. The summed E-state index contributed by atoms with van der Waals surface area (Å²) in [6.45, 7) is 4.30. The van der Waals surface area contributed by atoms with E-state index in [-0.39, 0.29) is 39.8 Å². The second-order valence-electron chi connectivity index (χ2n) is 10.7. The molecule has 0 N–H and O–H groups in total. The lowest BCUT2D eigenvalue weighted by Gasteiger charge is -2.37. The second-order valence-corrected chi connectivity index (χ2v) is 13.4. The van der Waals surface area contributed by atoms with Crippen LogP contribution in [0.2, 0.25) is 5.02 Å². The lowest BCUT2D eigenvalue weighted by molar-refractivity contribution is 0.242. The first-order valence-electron chi connectivity index (χ1n) is 12.4. The van der Waals surface area contributed by atoms with Crippen molar-refractivity contribution in [2.45, 2.75) is 44.4 Å². The minimum Gasteiger partial charge on any atom is -0.229 e. The molecule has 2 bridgehead atoms. The van der Waals surface area contributed by atoms with Gasteiger partial charge in [-0.15, -0.1) is 10.2 Å². The molecular weight excluding hydrogens is 548 g/mol. The van der Waals surface area contributed by atoms with Crippen LogP contribution in [-0.2, 0) is 21.7 Å². The van der Waals surface area contributed by atoms with Crippen LogP contribution in [0, 0.1) is 17.0 Å².